The Morgan fingerprint density at radius 3 is 1.23 bits per heavy atom. The lowest BCUT2D eigenvalue weighted by Crippen LogP contribution is -2.26. The van der Waals surface area contributed by atoms with Gasteiger partial charge >= 0.3 is 11.9 Å². The topological polar surface area (TPSA) is 89.5 Å². The first-order valence-electron chi connectivity index (χ1n) is 13.3. The zero-order valence-corrected chi connectivity index (χ0v) is 23.6. The van der Waals surface area contributed by atoms with Crippen LogP contribution in [0, 0.1) is 0 Å². The van der Waals surface area contributed by atoms with Crippen molar-refractivity contribution >= 4 is 33.5 Å². The molecule has 0 heterocycles. The summed E-state index contributed by atoms with van der Waals surface area (Å²) >= 11 is 0. The maximum absolute atomic E-state index is 11.4. The summed E-state index contributed by atoms with van der Waals surface area (Å²) in [4.78, 5) is 22.8. The van der Waals surface area contributed by atoms with Gasteiger partial charge in [-0.2, -0.15) is 0 Å². The lowest BCUT2D eigenvalue weighted by molar-refractivity contribution is -0.147. The fraction of sp³-hybridized carbons (Fsp3) is 0.375. The second-order valence-electron chi connectivity index (χ2n) is 9.56. The smallest absolute Gasteiger partial charge is 0.330 e. The van der Waals surface area contributed by atoms with Crippen molar-refractivity contribution < 1.29 is 38.0 Å². The summed E-state index contributed by atoms with van der Waals surface area (Å²) in [5.74, 6) is 0.513. The number of hydrogen-bond acceptors (Lipinski definition) is 8. The minimum Gasteiger partial charge on any atom is -0.490 e. The zero-order valence-electron chi connectivity index (χ0n) is 23.6. The van der Waals surface area contributed by atoms with Crippen LogP contribution in [0.2, 0.25) is 0 Å². The molecular formula is C32H38O8. The molecule has 4 unspecified atom stereocenters. The fourth-order valence-electron chi connectivity index (χ4n) is 4.02. The molecule has 0 aromatic heterocycles. The highest BCUT2D eigenvalue weighted by molar-refractivity contribution is 6.11. The molecule has 0 aliphatic carbocycles. The van der Waals surface area contributed by atoms with E-state index in [1.165, 1.54) is 0 Å². The predicted molar refractivity (Wildman–Crippen MR) is 155 cm³/mol. The van der Waals surface area contributed by atoms with E-state index >= 15 is 0 Å². The molecule has 8 heteroatoms. The summed E-state index contributed by atoms with van der Waals surface area (Å²) in [6, 6.07) is 15.8. The summed E-state index contributed by atoms with van der Waals surface area (Å²) in [7, 11) is 0. The summed E-state index contributed by atoms with van der Waals surface area (Å²) in [6.45, 7) is 15.2. The van der Waals surface area contributed by atoms with Crippen molar-refractivity contribution in [2.75, 3.05) is 26.4 Å². The van der Waals surface area contributed by atoms with E-state index in [2.05, 4.69) is 13.2 Å². The predicted octanol–water partition coefficient (Wildman–Crippen LogP) is 5.80. The molecule has 4 atom stereocenters. The van der Waals surface area contributed by atoms with Crippen molar-refractivity contribution in [3.8, 4) is 11.5 Å². The third kappa shape index (κ3) is 8.56. The van der Waals surface area contributed by atoms with Gasteiger partial charge in [-0.25, -0.2) is 9.59 Å². The van der Waals surface area contributed by atoms with Crippen LogP contribution in [0.25, 0.3) is 21.5 Å². The second-order valence-corrected chi connectivity index (χ2v) is 9.56. The standard InChI is InChI=1S/C32H38O8/c1-7-29(33)39-23(5)19-35-21(3)17-37-31-25-13-9-11-15-27(25)32(28-16-12-10-14-26(28)31)38-18-22(4)36-20-24(6)40-30(34)8-2/h7-16,21-24H,1-2,17-20H2,3-6H3. The Kier molecular flexibility index (Phi) is 11.5. The lowest BCUT2D eigenvalue weighted by Gasteiger charge is -2.22. The highest BCUT2D eigenvalue weighted by Crippen LogP contribution is 2.42. The van der Waals surface area contributed by atoms with Gasteiger partial charge in [0.05, 0.1) is 25.4 Å². The molecule has 3 aromatic carbocycles. The van der Waals surface area contributed by atoms with E-state index < -0.39 is 24.1 Å². The highest BCUT2D eigenvalue weighted by atomic mass is 16.6. The Morgan fingerprint density at radius 1 is 0.600 bits per heavy atom. The maximum Gasteiger partial charge on any atom is 0.330 e. The lowest BCUT2D eigenvalue weighted by atomic mass is 10.0. The van der Waals surface area contributed by atoms with E-state index in [9.17, 15) is 9.59 Å². The van der Waals surface area contributed by atoms with Gasteiger partial charge in [0.15, 0.2) is 0 Å². The highest BCUT2D eigenvalue weighted by Gasteiger charge is 2.18. The zero-order chi connectivity index (χ0) is 29.1. The van der Waals surface area contributed by atoms with Crippen LogP contribution < -0.4 is 9.47 Å². The fourth-order valence-corrected chi connectivity index (χ4v) is 4.02. The first-order valence-corrected chi connectivity index (χ1v) is 13.3. The number of esters is 2. The number of hydrogen-bond donors (Lipinski definition) is 0. The van der Waals surface area contributed by atoms with Gasteiger partial charge in [-0.1, -0.05) is 61.7 Å². The van der Waals surface area contributed by atoms with Crippen molar-refractivity contribution in [3.05, 3.63) is 73.8 Å². The molecule has 40 heavy (non-hydrogen) atoms. The van der Waals surface area contributed by atoms with Crippen molar-refractivity contribution in [3.63, 3.8) is 0 Å². The summed E-state index contributed by atoms with van der Waals surface area (Å²) in [6.07, 6.45) is 0.967. The third-order valence-corrected chi connectivity index (χ3v) is 5.96. The number of rotatable bonds is 16. The Labute approximate surface area is 235 Å². The van der Waals surface area contributed by atoms with Gasteiger partial charge in [-0.05, 0) is 27.7 Å². The maximum atomic E-state index is 11.4. The van der Waals surface area contributed by atoms with E-state index in [0.29, 0.717) is 13.2 Å². The van der Waals surface area contributed by atoms with Gasteiger partial charge in [-0.3, -0.25) is 0 Å². The molecule has 0 bridgehead atoms. The molecule has 3 rings (SSSR count). The first-order chi connectivity index (χ1) is 19.2. The van der Waals surface area contributed by atoms with Crippen LogP contribution in [-0.2, 0) is 28.5 Å². The molecule has 8 nitrogen and oxygen atoms in total. The van der Waals surface area contributed by atoms with Crippen LogP contribution >= 0.6 is 0 Å². The van der Waals surface area contributed by atoms with Crippen LogP contribution in [0.15, 0.2) is 73.8 Å². The van der Waals surface area contributed by atoms with Gasteiger partial charge in [0.2, 0.25) is 0 Å². The monoisotopic (exact) mass is 550 g/mol. The molecule has 0 N–H and O–H groups in total. The second kappa shape index (κ2) is 15.1. The molecule has 3 aromatic rings. The number of ether oxygens (including phenoxy) is 6. The van der Waals surface area contributed by atoms with Gasteiger partial charge in [0.1, 0.15) is 36.9 Å². The van der Waals surface area contributed by atoms with Crippen molar-refractivity contribution in [2.45, 2.75) is 52.1 Å². The Bertz CT molecular complexity index is 1160. The van der Waals surface area contributed by atoms with Gasteiger partial charge in [-0.15, -0.1) is 0 Å². The molecular weight excluding hydrogens is 512 g/mol. The van der Waals surface area contributed by atoms with Crippen molar-refractivity contribution in [1.29, 1.82) is 0 Å². The van der Waals surface area contributed by atoms with E-state index in [1.807, 2.05) is 62.4 Å². The Balaban J connectivity index is 1.73. The van der Waals surface area contributed by atoms with Crippen LogP contribution in [0.3, 0.4) is 0 Å². The molecule has 0 radical (unpaired) electrons. The third-order valence-electron chi connectivity index (χ3n) is 5.96. The van der Waals surface area contributed by atoms with Gasteiger partial charge in [0.25, 0.3) is 0 Å². The summed E-state index contributed by atoms with van der Waals surface area (Å²) in [5, 5.41) is 3.65. The molecule has 0 aliphatic heterocycles. The number of carbonyl (C=O) groups is 2. The van der Waals surface area contributed by atoms with Gasteiger partial charge < -0.3 is 28.4 Å². The molecule has 0 saturated heterocycles. The Hall–Kier alpha value is -3.88. The normalized spacial score (nSPS) is 14.1. The quantitative estimate of drug-likeness (QED) is 0.126. The molecule has 0 spiro atoms. The van der Waals surface area contributed by atoms with Gasteiger partial charge in [0, 0.05) is 33.7 Å². The largest absolute Gasteiger partial charge is 0.490 e. The van der Waals surface area contributed by atoms with E-state index in [1.54, 1.807) is 13.8 Å². The molecule has 0 saturated carbocycles. The van der Waals surface area contributed by atoms with E-state index in [0.717, 1.165) is 45.2 Å². The average molecular weight is 551 g/mol. The average Bonchev–Trinajstić information content (AvgIpc) is 2.96. The first kappa shape index (κ1) is 30.7. The number of carbonyl (C=O) groups excluding carboxylic acids is 2. The minimum absolute atomic E-state index is 0.244. The number of benzene rings is 3. The van der Waals surface area contributed by atoms with Crippen LogP contribution in [0.1, 0.15) is 27.7 Å². The molecule has 0 amide bonds. The van der Waals surface area contributed by atoms with Crippen LogP contribution in [-0.4, -0.2) is 62.8 Å². The van der Waals surface area contributed by atoms with E-state index in [4.69, 9.17) is 28.4 Å². The molecule has 0 fully saturated rings. The SMILES string of the molecule is C=CC(=O)OC(C)COC(C)COc1c2ccccc2c(OCC(C)OCC(C)OC(=O)C=C)c2ccccc12. The summed E-state index contributed by atoms with van der Waals surface area (Å²) < 4.78 is 34.7. The van der Waals surface area contributed by atoms with Crippen LogP contribution in [0.4, 0.5) is 0 Å². The minimum atomic E-state index is -0.482. The summed E-state index contributed by atoms with van der Waals surface area (Å²) in [5.41, 5.74) is 0. The van der Waals surface area contributed by atoms with Crippen molar-refractivity contribution in [1.82, 2.24) is 0 Å². The molecule has 0 aliphatic rings. The molecule has 214 valence electrons. The van der Waals surface area contributed by atoms with Crippen LogP contribution in [0.5, 0.6) is 11.5 Å². The van der Waals surface area contributed by atoms with E-state index in [-0.39, 0.29) is 25.4 Å². The van der Waals surface area contributed by atoms with Crippen molar-refractivity contribution in [2.24, 2.45) is 0 Å². The Morgan fingerprint density at radius 2 is 0.925 bits per heavy atom. The number of fused-ring (bicyclic) bond motifs is 2.